The Morgan fingerprint density at radius 2 is 2.00 bits per heavy atom. The van der Waals surface area contributed by atoms with Crippen LogP contribution in [0.25, 0.3) is 43.9 Å². The lowest BCUT2D eigenvalue weighted by molar-refractivity contribution is -0.129. The molecule has 1 atom stereocenters. The van der Waals surface area contributed by atoms with Crippen LogP contribution >= 0.6 is 11.3 Å². The summed E-state index contributed by atoms with van der Waals surface area (Å²) < 4.78 is 44.2. The van der Waals surface area contributed by atoms with Crippen LogP contribution < -0.4 is 10.1 Å². The van der Waals surface area contributed by atoms with Crippen LogP contribution in [0.4, 0.5) is 14.5 Å². The number of hydrogen-bond donors (Lipinski definition) is 1. The summed E-state index contributed by atoms with van der Waals surface area (Å²) >= 11 is 1.40. The molecule has 0 spiro atoms. The van der Waals surface area contributed by atoms with Gasteiger partial charge in [-0.25, -0.2) is 13.8 Å². The van der Waals surface area contributed by atoms with Crippen LogP contribution in [0.5, 0.6) is 5.75 Å². The molecule has 0 fully saturated rings. The van der Waals surface area contributed by atoms with E-state index in [-0.39, 0.29) is 42.4 Å². The molecule has 1 N–H and O–H groups in total. The second kappa shape index (κ2) is 11.8. The Balaban J connectivity index is 1.48. The van der Waals surface area contributed by atoms with E-state index in [0.29, 0.717) is 46.9 Å². The van der Waals surface area contributed by atoms with Gasteiger partial charge in [-0.2, -0.15) is 5.10 Å². The molecular formula is C34H29F2N5O4S. The van der Waals surface area contributed by atoms with E-state index < -0.39 is 11.6 Å². The van der Waals surface area contributed by atoms with E-state index in [0.717, 1.165) is 40.0 Å². The molecule has 2 aromatic carbocycles. The molecule has 2 aliphatic heterocycles. The lowest BCUT2D eigenvalue weighted by Crippen LogP contribution is -2.44. The van der Waals surface area contributed by atoms with Crippen LogP contribution in [0, 0.1) is 11.6 Å². The van der Waals surface area contributed by atoms with Gasteiger partial charge in [-0.05, 0) is 42.1 Å². The molecule has 5 aromatic rings. The van der Waals surface area contributed by atoms with Gasteiger partial charge in [0.2, 0.25) is 11.8 Å². The van der Waals surface area contributed by atoms with Gasteiger partial charge in [0, 0.05) is 52.2 Å². The van der Waals surface area contributed by atoms with Crippen molar-refractivity contribution in [3.8, 4) is 39.5 Å². The van der Waals surface area contributed by atoms with Crippen molar-refractivity contribution in [2.24, 2.45) is 0 Å². The van der Waals surface area contributed by atoms with Gasteiger partial charge in [-0.3, -0.25) is 14.3 Å². The van der Waals surface area contributed by atoms with Gasteiger partial charge in [0.1, 0.15) is 35.4 Å². The highest BCUT2D eigenvalue weighted by molar-refractivity contribution is 7.18. The summed E-state index contributed by atoms with van der Waals surface area (Å²) in [6, 6.07) is 11.3. The number of carbonyl (C=O) groups excluding carboxylic acids is 2. The number of aromatic nitrogens is 3. The molecule has 12 heteroatoms. The van der Waals surface area contributed by atoms with Crippen LogP contribution in [0.15, 0.2) is 60.5 Å². The fraction of sp³-hybridized carbons (Fsp3) is 0.235. The third-order valence-electron chi connectivity index (χ3n) is 8.30. The summed E-state index contributed by atoms with van der Waals surface area (Å²) in [4.78, 5) is 31.5. The highest BCUT2D eigenvalue weighted by Crippen LogP contribution is 2.47. The molecule has 0 aliphatic carbocycles. The monoisotopic (exact) mass is 641 g/mol. The fourth-order valence-electron chi connectivity index (χ4n) is 6.11. The van der Waals surface area contributed by atoms with Gasteiger partial charge >= 0.3 is 0 Å². The van der Waals surface area contributed by atoms with Crippen molar-refractivity contribution in [2.75, 3.05) is 25.6 Å². The second-order valence-corrected chi connectivity index (χ2v) is 12.2. The molecule has 3 aromatic heterocycles. The summed E-state index contributed by atoms with van der Waals surface area (Å²) in [6.45, 7) is 6.62. The number of thiophene rings is 1. The molecule has 0 radical (unpaired) electrons. The Morgan fingerprint density at radius 1 is 1.15 bits per heavy atom. The molecule has 0 bridgehead atoms. The maximum absolute atomic E-state index is 16.0. The zero-order valence-electron chi connectivity index (χ0n) is 25.1. The Hall–Kier alpha value is -4.94. The van der Waals surface area contributed by atoms with Crippen molar-refractivity contribution in [3.05, 3.63) is 83.4 Å². The molecule has 0 saturated heterocycles. The lowest BCUT2D eigenvalue weighted by Gasteiger charge is -2.33. The number of pyridine rings is 1. The Morgan fingerprint density at radius 3 is 2.80 bits per heavy atom. The first kappa shape index (κ1) is 29.8. The topological polar surface area (TPSA) is 98.6 Å². The van der Waals surface area contributed by atoms with Crippen molar-refractivity contribution < 1.29 is 27.8 Å². The van der Waals surface area contributed by atoms with Gasteiger partial charge in [-0.15, -0.1) is 11.3 Å². The standard InChI is InChI=1S/C34H29F2N5O4S/c1-4-29(43)40-17-22-15-26(39-41(22)16-18(40)2)33-31(30-24(36)13-21(35)14-27(30)45-9-8-44-3)34-23(7-10-46-34)32(38-33)20-6-5-19-12-28(42)37-25(19)11-20/h4-7,10-11,13-15,18H,1,8-9,12,16-17H2,2-3H3,(H,37,42)/t18-/m1/s1. The summed E-state index contributed by atoms with van der Waals surface area (Å²) in [5.74, 6) is -1.83. The van der Waals surface area contributed by atoms with Crippen molar-refractivity contribution in [2.45, 2.75) is 32.5 Å². The van der Waals surface area contributed by atoms with Crippen LogP contribution in [0.1, 0.15) is 18.2 Å². The first-order valence-corrected chi connectivity index (χ1v) is 15.6. The summed E-state index contributed by atoms with van der Waals surface area (Å²) in [7, 11) is 1.52. The first-order chi connectivity index (χ1) is 22.2. The number of nitrogens with one attached hydrogen (secondary N) is 1. The minimum absolute atomic E-state index is 0.0145. The Kier molecular flexibility index (Phi) is 7.61. The predicted octanol–water partition coefficient (Wildman–Crippen LogP) is 6.21. The first-order valence-electron chi connectivity index (χ1n) is 14.7. The highest BCUT2D eigenvalue weighted by Gasteiger charge is 2.31. The summed E-state index contributed by atoms with van der Waals surface area (Å²) in [6.07, 6.45) is 1.60. The number of benzene rings is 2. The van der Waals surface area contributed by atoms with Gasteiger partial charge in [0.15, 0.2) is 0 Å². The van der Waals surface area contributed by atoms with E-state index in [2.05, 4.69) is 11.9 Å². The molecule has 2 aliphatic rings. The van der Waals surface area contributed by atoms with E-state index in [4.69, 9.17) is 19.6 Å². The van der Waals surface area contributed by atoms with E-state index in [9.17, 15) is 14.0 Å². The Bertz CT molecular complexity index is 2060. The molecule has 234 valence electrons. The number of nitrogens with zero attached hydrogens (tertiary/aromatic N) is 4. The largest absolute Gasteiger partial charge is 0.490 e. The van der Waals surface area contributed by atoms with Crippen LogP contribution in [0.3, 0.4) is 0 Å². The number of halogens is 2. The molecule has 0 unspecified atom stereocenters. The molecule has 46 heavy (non-hydrogen) atoms. The van der Waals surface area contributed by atoms with E-state index in [1.165, 1.54) is 24.5 Å². The molecule has 7 rings (SSSR count). The Labute approximate surface area is 267 Å². The van der Waals surface area contributed by atoms with E-state index >= 15 is 4.39 Å². The molecular weight excluding hydrogens is 612 g/mol. The SMILES string of the molecule is C=CC(=O)N1Cc2cc(-c3nc(-c4ccc5c(c4)NC(=O)C5)c4ccsc4c3-c3c(F)cc(F)cc3OCCOC)nn2C[C@H]1C. The smallest absolute Gasteiger partial charge is 0.246 e. The number of hydrogen-bond acceptors (Lipinski definition) is 7. The maximum Gasteiger partial charge on any atom is 0.246 e. The molecule has 0 saturated carbocycles. The van der Waals surface area contributed by atoms with Crippen molar-refractivity contribution in [3.63, 3.8) is 0 Å². The highest BCUT2D eigenvalue weighted by atomic mass is 32.1. The molecule has 9 nitrogen and oxygen atoms in total. The summed E-state index contributed by atoms with van der Waals surface area (Å²) in [5, 5.41) is 10.4. The number of fused-ring (bicyclic) bond motifs is 3. The third-order valence-corrected chi connectivity index (χ3v) is 9.23. The fourth-order valence-corrected chi connectivity index (χ4v) is 7.06. The van der Waals surface area contributed by atoms with Crippen LogP contribution in [-0.2, 0) is 33.8 Å². The number of methoxy groups -OCH3 is 1. The van der Waals surface area contributed by atoms with Gasteiger partial charge in [0.25, 0.3) is 0 Å². The zero-order valence-corrected chi connectivity index (χ0v) is 25.9. The maximum atomic E-state index is 16.0. The van der Waals surface area contributed by atoms with Crippen molar-refractivity contribution >= 4 is 38.9 Å². The molecule has 2 amide bonds. The number of amides is 2. The number of ether oxygens (including phenoxy) is 2. The summed E-state index contributed by atoms with van der Waals surface area (Å²) in [5.41, 5.74) is 5.07. The number of anilines is 1. The normalized spacial score (nSPS) is 15.5. The van der Waals surface area contributed by atoms with Crippen molar-refractivity contribution in [1.29, 1.82) is 0 Å². The number of carbonyl (C=O) groups is 2. The molecule has 5 heterocycles. The zero-order chi connectivity index (χ0) is 32.1. The lowest BCUT2D eigenvalue weighted by atomic mass is 9.96. The predicted molar refractivity (Wildman–Crippen MR) is 172 cm³/mol. The van der Waals surface area contributed by atoms with E-state index in [1.807, 2.05) is 47.3 Å². The van der Waals surface area contributed by atoms with Gasteiger partial charge < -0.3 is 19.7 Å². The third kappa shape index (κ3) is 5.13. The second-order valence-electron chi connectivity index (χ2n) is 11.3. The quantitative estimate of drug-likeness (QED) is 0.160. The average molecular weight is 642 g/mol. The van der Waals surface area contributed by atoms with Crippen molar-refractivity contribution in [1.82, 2.24) is 19.7 Å². The van der Waals surface area contributed by atoms with E-state index in [1.54, 1.807) is 4.90 Å². The van der Waals surface area contributed by atoms with Gasteiger partial charge in [0.05, 0.1) is 43.1 Å². The van der Waals surface area contributed by atoms with Crippen LogP contribution in [-0.4, -0.2) is 57.8 Å². The van der Waals surface area contributed by atoms with Gasteiger partial charge in [-0.1, -0.05) is 18.7 Å². The van der Waals surface area contributed by atoms with Crippen LogP contribution in [0.2, 0.25) is 0 Å². The minimum Gasteiger partial charge on any atom is -0.490 e. The average Bonchev–Trinajstić information content (AvgIpc) is 3.77. The minimum atomic E-state index is -0.807. The number of rotatable bonds is 8.